The van der Waals surface area contributed by atoms with Gasteiger partial charge in [-0.1, -0.05) is 27.2 Å². The molecule has 3 fully saturated rings. The molecule has 0 aromatic rings. The van der Waals surface area contributed by atoms with Crippen LogP contribution in [0, 0.1) is 28.6 Å². The Morgan fingerprint density at radius 2 is 1.77 bits per heavy atom. The molecule has 172 valence electrons. The molecule has 1 saturated heterocycles. The van der Waals surface area contributed by atoms with Crippen molar-refractivity contribution in [2.45, 2.75) is 78.4 Å². The van der Waals surface area contributed by atoms with Gasteiger partial charge in [0, 0.05) is 25.2 Å². The lowest BCUT2D eigenvalue weighted by molar-refractivity contribution is -0.195. The number of ketones is 1. The quantitative estimate of drug-likeness (QED) is 0.367. The van der Waals surface area contributed by atoms with Crippen LogP contribution < -0.4 is 0 Å². The molecule has 31 heavy (non-hydrogen) atoms. The third-order valence-electron chi connectivity index (χ3n) is 7.75. The van der Waals surface area contributed by atoms with Crippen LogP contribution in [0.1, 0.15) is 66.7 Å². The van der Waals surface area contributed by atoms with E-state index in [4.69, 9.17) is 14.2 Å². The zero-order chi connectivity index (χ0) is 23.2. The molecule has 0 amide bonds. The van der Waals surface area contributed by atoms with Crippen molar-refractivity contribution in [2.24, 2.45) is 28.6 Å². The number of Topliss-reactive ketones (excluding diaryl/α,β-unsaturated/α-hetero) is 1. The third-order valence-corrected chi connectivity index (χ3v) is 7.75. The van der Waals surface area contributed by atoms with Crippen molar-refractivity contribution in [3.8, 4) is 0 Å². The average molecular weight is 437 g/mol. The summed E-state index contributed by atoms with van der Waals surface area (Å²) in [5.41, 5.74) is -2.47. The average Bonchev–Trinajstić information content (AvgIpc) is 2.97. The summed E-state index contributed by atoms with van der Waals surface area (Å²) in [4.78, 5) is 62.2. The largest absolute Gasteiger partial charge is 0.461 e. The van der Waals surface area contributed by atoms with Gasteiger partial charge in [0.2, 0.25) is 11.7 Å². The monoisotopic (exact) mass is 436 g/mol. The summed E-state index contributed by atoms with van der Waals surface area (Å²) >= 11 is 0. The van der Waals surface area contributed by atoms with Gasteiger partial charge in [0.15, 0.2) is 6.29 Å². The summed E-state index contributed by atoms with van der Waals surface area (Å²) in [7, 11) is 0. The van der Waals surface area contributed by atoms with Gasteiger partial charge in [0.25, 0.3) is 0 Å². The SMILES string of the molecule is CC(=O)O[C@H](C=O)[C@@]1(OC(C)=O)COC(=O)C1[C@@H]1CC[C@H]2C(C)(C)CCC[C@]2(C)C1=O. The van der Waals surface area contributed by atoms with Gasteiger partial charge in [0.05, 0.1) is 0 Å². The minimum absolute atomic E-state index is 0.000138. The Bertz CT molecular complexity index is 801. The van der Waals surface area contributed by atoms with Crippen molar-refractivity contribution in [2.75, 3.05) is 6.61 Å². The number of ether oxygens (including phenoxy) is 3. The first-order valence-electron chi connectivity index (χ1n) is 10.9. The van der Waals surface area contributed by atoms with Crippen molar-refractivity contribution in [1.29, 1.82) is 0 Å². The van der Waals surface area contributed by atoms with Crippen molar-refractivity contribution in [1.82, 2.24) is 0 Å². The normalized spacial score (nSPS) is 37.9. The summed E-state index contributed by atoms with van der Waals surface area (Å²) in [6, 6.07) is 0. The minimum atomic E-state index is -1.86. The maximum Gasteiger partial charge on any atom is 0.314 e. The molecular formula is C23H32O8. The van der Waals surface area contributed by atoms with E-state index in [2.05, 4.69) is 13.8 Å². The fourth-order valence-electron chi connectivity index (χ4n) is 6.51. The lowest BCUT2D eigenvalue weighted by Gasteiger charge is -2.55. The predicted molar refractivity (Wildman–Crippen MR) is 108 cm³/mol. The summed E-state index contributed by atoms with van der Waals surface area (Å²) in [5.74, 6) is -4.12. The van der Waals surface area contributed by atoms with Crippen LogP contribution in [0.4, 0.5) is 0 Å². The number of hydrogen-bond donors (Lipinski definition) is 0. The Labute approximate surface area is 182 Å². The number of cyclic esters (lactones) is 1. The van der Waals surface area contributed by atoms with Crippen molar-refractivity contribution in [3.05, 3.63) is 0 Å². The van der Waals surface area contributed by atoms with E-state index in [1.165, 1.54) is 0 Å². The summed E-state index contributed by atoms with van der Waals surface area (Å²) in [6.45, 7) is 8.14. The maximum atomic E-state index is 13.9. The molecule has 6 atom stereocenters. The molecule has 8 nitrogen and oxygen atoms in total. The highest BCUT2D eigenvalue weighted by molar-refractivity contribution is 5.94. The Morgan fingerprint density at radius 3 is 2.35 bits per heavy atom. The molecule has 3 rings (SSSR count). The lowest BCUT2D eigenvalue weighted by atomic mass is 9.48. The van der Waals surface area contributed by atoms with Crippen molar-refractivity contribution < 1.29 is 38.2 Å². The smallest absolute Gasteiger partial charge is 0.314 e. The van der Waals surface area contributed by atoms with Crippen molar-refractivity contribution >= 4 is 30.0 Å². The van der Waals surface area contributed by atoms with Crippen LogP contribution >= 0.6 is 0 Å². The Balaban J connectivity index is 2.04. The molecule has 1 heterocycles. The summed E-state index contributed by atoms with van der Waals surface area (Å²) in [5, 5.41) is 0. The maximum absolute atomic E-state index is 13.9. The Morgan fingerprint density at radius 1 is 1.10 bits per heavy atom. The summed E-state index contributed by atoms with van der Waals surface area (Å²) < 4.78 is 15.9. The fourth-order valence-corrected chi connectivity index (χ4v) is 6.51. The first-order chi connectivity index (χ1) is 14.4. The van der Waals surface area contributed by atoms with E-state index >= 15 is 0 Å². The van der Waals surface area contributed by atoms with E-state index in [1.54, 1.807) is 0 Å². The molecule has 1 unspecified atom stereocenters. The summed E-state index contributed by atoms with van der Waals surface area (Å²) in [6.07, 6.45) is 2.60. The van der Waals surface area contributed by atoms with Crippen LogP contribution in [0.3, 0.4) is 0 Å². The molecule has 0 radical (unpaired) electrons. The highest BCUT2D eigenvalue weighted by Crippen LogP contribution is 2.59. The fraction of sp³-hybridized carbons (Fsp3) is 0.783. The van der Waals surface area contributed by atoms with Crippen LogP contribution in [0.5, 0.6) is 0 Å². The lowest BCUT2D eigenvalue weighted by Crippen LogP contribution is -2.61. The van der Waals surface area contributed by atoms with E-state index in [0.29, 0.717) is 12.7 Å². The second-order valence-corrected chi connectivity index (χ2v) is 10.2. The van der Waals surface area contributed by atoms with Crippen LogP contribution in [-0.4, -0.2) is 48.3 Å². The first-order valence-corrected chi connectivity index (χ1v) is 10.9. The number of hydrogen-bond acceptors (Lipinski definition) is 8. The Kier molecular flexibility index (Phi) is 6.06. The number of aldehydes is 1. The van der Waals surface area contributed by atoms with E-state index < -0.39 is 53.5 Å². The van der Waals surface area contributed by atoms with Gasteiger partial charge in [-0.25, -0.2) is 0 Å². The Hall–Kier alpha value is -2.25. The van der Waals surface area contributed by atoms with E-state index in [-0.39, 0.29) is 17.1 Å². The molecular weight excluding hydrogens is 404 g/mol. The molecule has 0 aromatic carbocycles. The highest BCUT2D eigenvalue weighted by Gasteiger charge is 2.66. The molecule has 8 heteroatoms. The van der Waals surface area contributed by atoms with Gasteiger partial charge < -0.3 is 14.2 Å². The van der Waals surface area contributed by atoms with Gasteiger partial charge >= 0.3 is 17.9 Å². The number of carbonyl (C=O) groups excluding carboxylic acids is 5. The van der Waals surface area contributed by atoms with Gasteiger partial charge in [-0.15, -0.1) is 0 Å². The van der Waals surface area contributed by atoms with Crippen LogP contribution in [-0.2, 0) is 38.2 Å². The van der Waals surface area contributed by atoms with E-state index in [9.17, 15) is 24.0 Å². The second-order valence-electron chi connectivity index (χ2n) is 10.2. The zero-order valence-corrected chi connectivity index (χ0v) is 18.9. The van der Waals surface area contributed by atoms with Crippen LogP contribution in [0.25, 0.3) is 0 Å². The molecule has 1 aliphatic heterocycles. The number of rotatable bonds is 5. The number of esters is 3. The standard InChI is InChI=1S/C23H32O8/c1-13(25)30-17(11-24)23(31-14(2)26)12-29-20(28)18(23)15-7-8-16-21(3,4)9-6-10-22(16,5)19(15)27/h11,15-18H,6-10,12H2,1-5H3/t15-,16-,17+,18?,22-,23-/m0/s1. The van der Waals surface area contributed by atoms with Crippen molar-refractivity contribution in [3.63, 3.8) is 0 Å². The molecule has 2 saturated carbocycles. The second kappa shape index (κ2) is 8.02. The molecule has 3 aliphatic rings. The van der Waals surface area contributed by atoms with E-state index in [0.717, 1.165) is 39.5 Å². The molecule has 0 N–H and O–H groups in total. The number of carbonyl (C=O) groups is 5. The number of fused-ring (bicyclic) bond motifs is 1. The van der Waals surface area contributed by atoms with Gasteiger partial charge in [-0.05, 0) is 37.0 Å². The zero-order valence-electron chi connectivity index (χ0n) is 18.9. The minimum Gasteiger partial charge on any atom is -0.461 e. The molecule has 2 aliphatic carbocycles. The van der Waals surface area contributed by atoms with Gasteiger partial charge in [0.1, 0.15) is 18.3 Å². The molecule has 0 bridgehead atoms. The molecule has 0 aromatic heterocycles. The van der Waals surface area contributed by atoms with Gasteiger partial charge in [-0.2, -0.15) is 0 Å². The topological polar surface area (TPSA) is 113 Å². The highest BCUT2D eigenvalue weighted by atomic mass is 16.6. The van der Waals surface area contributed by atoms with Crippen LogP contribution in [0.15, 0.2) is 0 Å². The third kappa shape index (κ3) is 3.78. The van der Waals surface area contributed by atoms with E-state index in [1.807, 2.05) is 6.92 Å². The van der Waals surface area contributed by atoms with Crippen LogP contribution in [0.2, 0.25) is 0 Å². The predicted octanol–water partition coefficient (Wildman–Crippen LogP) is 2.40. The molecule has 0 spiro atoms. The first kappa shape index (κ1) is 23.4. The van der Waals surface area contributed by atoms with Gasteiger partial charge in [-0.3, -0.25) is 24.0 Å².